The van der Waals surface area contributed by atoms with E-state index in [0.717, 1.165) is 5.56 Å². The summed E-state index contributed by atoms with van der Waals surface area (Å²) in [6, 6.07) is 7.34. The molecule has 1 aromatic rings. The number of ether oxygens (including phenoxy) is 1. The zero-order valence-electron chi connectivity index (χ0n) is 12.7. The van der Waals surface area contributed by atoms with Crippen molar-refractivity contribution in [1.82, 2.24) is 5.32 Å². The molecule has 0 radical (unpaired) electrons. The van der Waals surface area contributed by atoms with Crippen molar-refractivity contribution in [3.63, 3.8) is 0 Å². The molecule has 0 fully saturated rings. The lowest BCUT2D eigenvalue weighted by atomic mass is 9.99. The van der Waals surface area contributed by atoms with E-state index in [1.807, 2.05) is 24.3 Å². The summed E-state index contributed by atoms with van der Waals surface area (Å²) in [6.07, 6.45) is 0. The lowest BCUT2D eigenvalue weighted by Gasteiger charge is -2.18. The Balaban J connectivity index is 2.83. The molecule has 1 rings (SSSR count). The van der Waals surface area contributed by atoms with Crippen LogP contribution in [0.15, 0.2) is 29.4 Å². The third kappa shape index (κ3) is 5.45. The Morgan fingerprint density at radius 1 is 1.33 bits per heavy atom. The number of carbonyl (C=O) groups excluding carboxylic acids is 1. The number of esters is 1. The van der Waals surface area contributed by atoms with Crippen molar-refractivity contribution in [2.45, 2.75) is 32.7 Å². The Hall–Kier alpha value is -2.04. The smallest absolute Gasteiger partial charge is 0.327 e. The van der Waals surface area contributed by atoms with Gasteiger partial charge in [-0.15, -0.1) is 0 Å². The summed E-state index contributed by atoms with van der Waals surface area (Å²) in [6.45, 7) is 7.05. The van der Waals surface area contributed by atoms with Gasteiger partial charge in [-0.2, -0.15) is 0 Å². The average molecular weight is 290 g/mol. The molecule has 0 bridgehead atoms. The molecule has 1 atom stereocenters. The summed E-state index contributed by atoms with van der Waals surface area (Å²) in [4.78, 5) is 14.7. The fourth-order valence-corrected chi connectivity index (χ4v) is 1.94. The van der Waals surface area contributed by atoms with E-state index < -0.39 is 6.04 Å². The molecule has 1 N–H and O–H groups in total. The molecular weight excluding hydrogens is 268 g/mol. The minimum Gasteiger partial charge on any atom is -0.465 e. The zero-order chi connectivity index (χ0) is 15.7. The maximum Gasteiger partial charge on any atom is 0.327 e. The molecule has 0 aliphatic heterocycles. The van der Waals surface area contributed by atoms with Gasteiger partial charge in [-0.3, -0.25) is 0 Å². The number of nitrogens with zero attached hydrogens (tertiary/aromatic N) is 3. The minimum atomic E-state index is -0.542. The Labute approximate surface area is 125 Å². The quantitative estimate of drug-likeness (QED) is 0.262. The van der Waals surface area contributed by atoms with Crippen LogP contribution in [0.1, 0.15) is 43.9 Å². The van der Waals surface area contributed by atoms with E-state index in [1.54, 1.807) is 6.92 Å². The predicted octanol–water partition coefficient (Wildman–Crippen LogP) is 3.31. The molecule has 0 spiro atoms. The lowest BCUT2D eigenvalue weighted by Crippen LogP contribution is -2.32. The molecule has 0 saturated carbocycles. The van der Waals surface area contributed by atoms with Gasteiger partial charge in [0.05, 0.1) is 6.61 Å². The summed E-state index contributed by atoms with van der Waals surface area (Å²) < 4.78 is 5.09. The number of rotatable bonds is 8. The second kappa shape index (κ2) is 9.00. The van der Waals surface area contributed by atoms with Crippen molar-refractivity contribution in [3.8, 4) is 0 Å². The van der Waals surface area contributed by atoms with E-state index in [1.165, 1.54) is 5.56 Å². The van der Waals surface area contributed by atoms with Gasteiger partial charge in [0.2, 0.25) is 0 Å². The first-order valence-electron chi connectivity index (χ1n) is 7.10. The van der Waals surface area contributed by atoms with E-state index >= 15 is 0 Å². The number of carbonyl (C=O) groups is 1. The fourth-order valence-electron chi connectivity index (χ4n) is 1.94. The molecular formula is C15H22N4O2. The number of hydrogen-bond donors (Lipinski definition) is 1. The van der Waals surface area contributed by atoms with Crippen molar-refractivity contribution in [3.05, 3.63) is 45.8 Å². The SMILES string of the molecule is CCOC(=O)C(NCCN=[N+]=[N-])c1ccc(C(C)C)cc1. The summed E-state index contributed by atoms with van der Waals surface area (Å²) in [5.41, 5.74) is 10.3. The lowest BCUT2D eigenvalue weighted by molar-refractivity contribution is -0.145. The highest BCUT2D eigenvalue weighted by molar-refractivity contribution is 5.77. The molecule has 0 amide bonds. The van der Waals surface area contributed by atoms with Gasteiger partial charge >= 0.3 is 5.97 Å². The molecule has 21 heavy (non-hydrogen) atoms. The van der Waals surface area contributed by atoms with Crippen LogP contribution < -0.4 is 5.32 Å². The van der Waals surface area contributed by atoms with Crippen LogP contribution in [-0.2, 0) is 9.53 Å². The molecule has 0 saturated heterocycles. The number of hydrogen-bond acceptors (Lipinski definition) is 4. The molecule has 0 aliphatic rings. The van der Waals surface area contributed by atoms with Crippen molar-refractivity contribution in [2.24, 2.45) is 5.11 Å². The third-order valence-electron chi connectivity index (χ3n) is 3.08. The van der Waals surface area contributed by atoms with Gasteiger partial charge in [0.15, 0.2) is 0 Å². The Bertz CT molecular complexity index is 493. The molecule has 1 unspecified atom stereocenters. The van der Waals surface area contributed by atoms with Gasteiger partial charge in [-0.1, -0.05) is 43.2 Å². The van der Waals surface area contributed by atoms with E-state index in [2.05, 4.69) is 29.2 Å². The highest BCUT2D eigenvalue weighted by Gasteiger charge is 2.21. The fraction of sp³-hybridized carbons (Fsp3) is 0.533. The van der Waals surface area contributed by atoms with Crippen molar-refractivity contribution < 1.29 is 9.53 Å². The van der Waals surface area contributed by atoms with Crippen LogP contribution in [0.5, 0.6) is 0 Å². The van der Waals surface area contributed by atoms with Crippen LogP contribution in [0.3, 0.4) is 0 Å². The largest absolute Gasteiger partial charge is 0.465 e. The second-order valence-electron chi connectivity index (χ2n) is 4.92. The van der Waals surface area contributed by atoms with Gasteiger partial charge in [0.1, 0.15) is 6.04 Å². The number of azide groups is 1. The van der Waals surface area contributed by atoms with Gasteiger partial charge in [0, 0.05) is 18.0 Å². The van der Waals surface area contributed by atoms with E-state index in [-0.39, 0.29) is 12.5 Å². The van der Waals surface area contributed by atoms with Crippen molar-refractivity contribution >= 4 is 5.97 Å². The van der Waals surface area contributed by atoms with Crippen LogP contribution >= 0.6 is 0 Å². The molecule has 114 valence electrons. The summed E-state index contributed by atoms with van der Waals surface area (Å²) in [7, 11) is 0. The molecule has 0 heterocycles. The van der Waals surface area contributed by atoms with Crippen molar-refractivity contribution in [1.29, 1.82) is 0 Å². The highest BCUT2D eigenvalue weighted by Crippen LogP contribution is 2.19. The van der Waals surface area contributed by atoms with Gasteiger partial charge in [-0.05, 0) is 29.5 Å². The van der Waals surface area contributed by atoms with Crippen molar-refractivity contribution in [2.75, 3.05) is 19.7 Å². The average Bonchev–Trinajstić information content (AvgIpc) is 2.47. The van der Waals surface area contributed by atoms with Gasteiger partial charge < -0.3 is 10.1 Å². The van der Waals surface area contributed by atoms with Gasteiger partial charge in [0.25, 0.3) is 0 Å². The topological polar surface area (TPSA) is 87.1 Å². The second-order valence-corrected chi connectivity index (χ2v) is 4.92. The molecule has 0 aliphatic carbocycles. The van der Waals surface area contributed by atoms with E-state index in [0.29, 0.717) is 19.1 Å². The maximum atomic E-state index is 12.0. The molecule has 1 aromatic carbocycles. The monoisotopic (exact) mass is 290 g/mol. The van der Waals surface area contributed by atoms with Crippen LogP contribution in [0, 0.1) is 0 Å². The standard InChI is InChI=1S/C15H22N4O2/c1-4-21-15(20)14(17-9-10-18-19-16)13-7-5-12(6-8-13)11(2)3/h5-8,11,14,17H,4,9-10H2,1-3H3. The predicted molar refractivity (Wildman–Crippen MR) is 81.9 cm³/mol. The first-order valence-corrected chi connectivity index (χ1v) is 7.10. The Kier molecular flexibility index (Phi) is 7.29. The van der Waals surface area contributed by atoms with E-state index in [4.69, 9.17) is 10.3 Å². The number of nitrogens with one attached hydrogen (secondary N) is 1. The van der Waals surface area contributed by atoms with Crippen LogP contribution in [0.25, 0.3) is 10.4 Å². The van der Waals surface area contributed by atoms with Crippen LogP contribution in [0.2, 0.25) is 0 Å². The first-order chi connectivity index (χ1) is 10.1. The Morgan fingerprint density at radius 2 is 1.95 bits per heavy atom. The highest BCUT2D eigenvalue weighted by atomic mass is 16.5. The number of benzene rings is 1. The molecule has 6 heteroatoms. The van der Waals surface area contributed by atoms with Crippen LogP contribution in [-0.4, -0.2) is 25.7 Å². The van der Waals surface area contributed by atoms with E-state index in [9.17, 15) is 4.79 Å². The minimum absolute atomic E-state index is 0.288. The summed E-state index contributed by atoms with van der Waals surface area (Å²) in [5.74, 6) is 0.119. The first kappa shape index (κ1) is 17.0. The third-order valence-corrected chi connectivity index (χ3v) is 3.08. The van der Waals surface area contributed by atoms with Gasteiger partial charge in [-0.25, -0.2) is 4.79 Å². The normalized spacial score (nSPS) is 11.8. The van der Waals surface area contributed by atoms with Crippen LogP contribution in [0.4, 0.5) is 0 Å². The molecule has 0 aromatic heterocycles. The summed E-state index contributed by atoms with van der Waals surface area (Å²) in [5, 5.41) is 6.51. The maximum absolute atomic E-state index is 12.0. The zero-order valence-corrected chi connectivity index (χ0v) is 12.7. The molecule has 6 nitrogen and oxygen atoms in total. The summed E-state index contributed by atoms with van der Waals surface area (Å²) >= 11 is 0. The Morgan fingerprint density at radius 3 is 2.48 bits per heavy atom.